The van der Waals surface area contributed by atoms with Crippen molar-refractivity contribution in [2.24, 2.45) is 0 Å². The van der Waals surface area contributed by atoms with Crippen LogP contribution in [0.3, 0.4) is 0 Å². The van der Waals surface area contributed by atoms with Gasteiger partial charge in [0.1, 0.15) is 10.6 Å². The van der Waals surface area contributed by atoms with Crippen molar-refractivity contribution in [3.8, 4) is 5.75 Å². The Kier molecular flexibility index (Phi) is 4.41. The molecule has 0 unspecified atom stereocenters. The molecule has 8 heteroatoms. The van der Waals surface area contributed by atoms with Crippen LogP contribution in [0.4, 0.5) is 11.4 Å². The Bertz CT molecular complexity index is 850. The fraction of sp³-hybridized carbons (Fsp3) is 0.188. The summed E-state index contributed by atoms with van der Waals surface area (Å²) in [5.74, 6) is 0.193. The Hall–Kier alpha value is -2.58. The summed E-state index contributed by atoms with van der Waals surface area (Å²) in [4.78, 5) is 12.5. The van der Waals surface area contributed by atoms with Gasteiger partial charge in [0.05, 0.1) is 12.3 Å². The fourth-order valence-corrected chi connectivity index (χ4v) is 3.64. The van der Waals surface area contributed by atoms with E-state index in [9.17, 15) is 13.2 Å². The zero-order valence-corrected chi connectivity index (χ0v) is 13.8. The zero-order chi connectivity index (χ0) is 17.2. The second kappa shape index (κ2) is 6.50. The molecule has 126 valence electrons. The van der Waals surface area contributed by atoms with E-state index in [1.54, 1.807) is 42.5 Å². The van der Waals surface area contributed by atoms with Gasteiger partial charge in [0.25, 0.3) is 5.91 Å². The smallest absolute Gasteiger partial charge is 0.262 e. The lowest BCUT2D eigenvalue weighted by molar-refractivity contribution is -0.117. The summed E-state index contributed by atoms with van der Waals surface area (Å²) in [6.07, 6.45) is -1.09. The largest absolute Gasteiger partial charge is 0.494 e. The van der Waals surface area contributed by atoms with Crippen LogP contribution < -0.4 is 20.1 Å². The van der Waals surface area contributed by atoms with Crippen LogP contribution >= 0.6 is 0 Å². The molecule has 0 fully saturated rings. The lowest BCUT2D eigenvalue weighted by Crippen LogP contribution is -2.51. The number of anilines is 2. The summed E-state index contributed by atoms with van der Waals surface area (Å²) in [6.45, 7) is 2.44. The van der Waals surface area contributed by atoms with Crippen LogP contribution in [0.1, 0.15) is 6.92 Å². The van der Waals surface area contributed by atoms with Crippen LogP contribution in [0.25, 0.3) is 0 Å². The second-order valence-corrected chi connectivity index (χ2v) is 6.82. The van der Waals surface area contributed by atoms with E-state index in [2.05, 4.69) is 15.4 Å². The summed E-state index contributed by atoms with van der Waals surface area (Å²) < 4.78 is 32.1. The quantitative estimate of drug-likeness (QED) is 0.783. The number of fused-ring (bicyclic) bond motifs is 1. The summed E-state index contributed by atoms with van der Waals surface area (Å²) in [5.41, 5.74) is 0.936. The summed E-state index contributed by atoms with van der Waals surface area (Å²) >= 11 is 0. The number of carbonyl (C=O) groups excluding carboxylic acids is 1. The van der Waals surface area contributed by atoms with Gasteiger partial charge in [-0.15, -0.1) is 0 Å². The van der Waals surface area contributed by atoms with Gasteiger partial charge in [-0.05, 0) is 43.3 Å². The van der Waals surface area contributed by atoms with Crippen LogP contribution in [0.5, 0.6) is 5.75 Å². The lowest BCUT2D eigenvalue weighted by atomic mass is 10.2. The number of rotatable bonds is 4. The number of sulfonamides is 1. The summed E-state index contributed by atoms with van der Waals surface area (Å²) in [6, 6.07) is 13.3. The molecule has 3 N–H and O–H groups in total. The highest BCUT2D eigenvalue weighted by molar-refractivity contribution is 7.89. The van der Waals surface area contributed by atoms with E-state index < -0.39 is 22.1 Å². The van der Waals surface area contributed by atoms with Crippen molar-refractivity contribution in [3.63, 3.8) is 0 Å². The average molecular weight is 347 g/mol. The van der Waals surface area contributed by atoms with Crippen LogP contribution in [0, 0.1) is 0 Å². The maximum atomic E-state index is 12.3. The van der Waals surface area contributed by atoms with E-state index in [1.807, 2.05) is 6.92 Å². The molecule has 0 aromatic heterocycles. The first-order chi connectivity index (χ1) is 11.5. The maximum Gasteiger partial charge on any atom is 0.262 e. The highest BCUT2D eigenvalue weighted by Crippen LogP contribution is 2.25. The molecule has 1 amide bonds. The van der Waals surface area contributed by atoms with Crippen molar-refractivity contribution in [2.75, 3.05) is 17.2 Å². The molecule has 0 saturated heterocycles. The fourth-order valence-electron chi connectivity index (χ4n) is 2.36. The van der Waals surface area contributed by atoms with Gasteiger partial charge in [-0.1, -0.05) is 12.1 Å². The lowest BCUT2D eigenvalue weighted by Gasteiger charge is -2.27. The van der Waals surface area contributed by atoms with Gasteiger partial charge in [0.15, 0.2) is 6.17 Å². The first-order valence-corrected chi connectivity index (χ1v) is 8.89. The molecule has 1 atom stereocenters. The standard InChI is InChI=1S/C16H17N3O4S/c1-2-23-12-9-7-11(8-10-12)17-16(20)15-18-13-5-3-4-6-14(13)24(21,22)19-15/h3-10,15,18-19H,2H2,1H3,(H,17,20)/t15-/m0/s1. The van der Waals surface area contributed by atoms with E-state index in [0.717, 1.165) is 0 Å². The third-order valence-corrected chi connectivity index (χ3v) is 4.93. The molecule has 1 heterocycles. The Morgan fingerprint density at radius 3 is 2.58 bits per heavy atom. The summed E-state index contributed by atoms with van der Waals surface area (Å²) in [5, 5.41) is 5.54. The number of nitrogens with one attached hydrogen (secondary N) is 3. The monoisotopic (exact) mass is 347 g/mol. The molecule has 0 saturated carbocycles. The molecule has 0 spiro atoms. The predicted octanol–water partition coefficient (Wildman–Crippen LogP) is 1.75. The van der Waals surface area contributed by atoms with Crippen molar-refractivity contribution >= 4 is 27.3 Å². The Balaban J connectivity index is 1.74. The Morgan fingerprint density at radius 1 is 1.17 bits per heavy atom. The van der Waals surface area contributed by atoms with Crippen LogP contribution in [0.2, 0.25) is 0 Å². The van der Waals surface area contributed by atoms with E-state index in [4.69, 9.17) is 4.74 Å². The van der Waals surface area contributed by atoms with E-state index >= 15 is 0 Å². The van der Waals surface area contributed by atoms with E-state index in [1.165, 1.54) is 6.07 Å². The molecule has 2 aromatic carbocycles. The topological polar surface area (TPSA) is 96.5 Å². The van der Waals surface area contributed by atoms with Crippen LogP contribution in [-0.2, 0) is 14.8 Å². The van der Waals surface area contributed by atoms with Crippen molar-refractivity contribution < 1.29 is 17.9 Å². The third kappa shape index (κ3) is 3.34. The summed E-state index contributed by atoms with van der Waals surface area (Å²) in [7, 11) is -3.74. The average Bonchev–Trinajstić information content (AvgIpc) is 2.56. The normalized spacial score (nSPS) is 18.1. The third-order valence-electron chi connectivity index (χ3n) is 3.44. The van der Waals surface area contributed by atoms with Crippen molar-refractivity contribution in [1.29, 1.82) is 0 Å². The molecular weight excluding hydrogens is 330 g/mol. The number of hydrogen-bond acceptors (Lipinski definition) is 5. The van der Waals surface area contributed by atoms with Gasteiger partial charge in [-0.25, -0.2) is 8.42 Å². The number of benzene rings is 2. The SMILES string of the molecule is CCOc1ccc(NC(=O)[C@H]2Nc3ccccc3S(=O)(=O)N2)cc1. The number of para-hydroxylation sites is 1. The second-order valence-electron chi connectivity index (χ2n) is 5.14. The number of carbonyl (C=O) groups is 1. The zero-order valence-electron chi connectivity index (χ0n) is 12.9. The van der Waals surface area contributed by atoms with Gasteiger partial charge >= 0.3 is 0 Å². The molecule has 2 aromatic rings. The minimum atomic E-state index is -3.74. The number of ether oxygens (including phenoxy) is 1. The first-order valence-electron chi connectivity index (χ1n) is 7.41. The molecule has 0 radical (unpaired) electrons. The molecule has 3 rings (SSSR count). The Morgan fingerprint density at radius 2 is 1.88 bits per heavy atom. The molecule has 7 nitrogen and oxygen atoms in total. The molecule has 1 aliphatic rings. The molecule has 0 aliphatic carbocycles. The van der Waals surface area contributed by atoms with Gasteiger partial charge in [0.2, 0.25) is 10.0 Å². The van der Waals surface area contributed by atoms with Gasteiger partial charge < -0.3 is 15.4 Å². The van der Waals surface area contributed by atoms with Gasteiger partial charge in [0, 0.05) is 5.69 Å². The van der Waals surface area contributed by atoms with Crippen molar-refractivity contribution in [1.82, 2.24) is 4.72 Å². The van der Waals surface area contributed by atoms with E-state index in [-0.39, 0.29) is 4.90 Å². The molecule has 1 aliphatic heterocycles. The highest BCUT2D eigenvalue weighted by Gasteiger charge is 2.32. The minimum absolute atomic E-state index is 0.120. The Labute approximate surface area is 140 Å². The minimum Gasteiger partial charge on any atom is -0.494 e. The molecule has 0 bridgehead atoms. The van der Waals surface area contributed by atoms with Crippen LogP contribution in [-0.4, -0.2) is 27.1 Å². The predicted molar refractivity (Wildman–Crippen MR) is 90.4 cm³/mol. The molecular formula is C16H17N3O4S. The van der Waals surface area contributed by atoms with Crippen molar-refractivity contribution in [3.05, 3.63) is 48.5 Å². The maximum absolute atomic E-state index is 12.3. The number of hydrogen-bond donors (Lipinski definition) is 3. The van der Waals surface area contributed by atoms with E-state index in [0.29, 0.717) is 23.7 Å². The van der Waals surface area contributed by atoms with Crippen molar-refractivity contribution in [2.45, 2.75) is 18.0 Å². The van der Waals surface area contributed by atoms with Crippen LogP contribution in [0.15, 0.2) is 53.4 Å². The number of amides is 1. The first kappa shape index (κ1) is 16.3. The highest BCUT2D eigenvalue weighted by atomic mass is 32.2. The van der Waals surface area contributed by atoms with Gasteiger partial charge in [-0.2, -0.15) is 4.72 Å². The molecule has 24 heavy (non-hydrogen) atoms. The van der Waals surface area contributed by atoms with Gasteiger partial charge in [-0.3, -0.25) is 4.79 Å².